The fourth-order valence-corrected chi connectivity index (χ4v) is 1.47. The van der Waals surface area contributed by atoms with Crippen LogP contribution in [0, 0.1) is 5.92 Å². The normalized spacial score (nSPS) is 10.6. The molecule has 0 radical (unpaired) electrons. The summed E-state index contributed by atoms with van der Waals surface area (Å²) in [6, 6.07) is 7.17. The summed E-state index contributed by atoms with van der Waals surface area (Å²) in [4.78, 5) is 11.9. The standard InChI is InChI=1S/C12H15N5O/c1-9(2)7-13-12(18)10-4-3-5-11(6-10)17-8-14-15-16-17/h3-6,8-9H,7H2,1-2H3,(H,13,18). The van der Waals surface area contributed by atoms with Crippen molar-refractivity contribution in [2.45, 2.75) is 13.8 Å². The van der Waals surface area contributed by atoms with Crippen LogP contribution in [0.3, 0.4) is 0 Å². The van der Waals surface area contributed by atoms with Gasteiger partial charge in [0.2, 0.25) is 0 Å². The van der Waals surface area contributed by atoms with Crippen molar-refractivity contribution in [1.29, 1.82) is 0 Å². The lowest BCUT2D eigenvalue weighted by molar-refractivity contribution is 0.0949. The number of carbonyl (C=O) groups excluding carboxylic acids is 1. The average molecular weight is 245 g/mol. The highest BCUT2D eigenvalue weighted by Gasteiger charge is 2.07. The quantitative estimate of drug-likeness (QED) is 0.873. The zero-order chi connectivity index (χ0) is 13.0. The fraction of sp³-hybridized carbons (Fsp3) is 0.333. The molecular formula is C12H15N5O. The van der Waals surface area contributed by atoms with E-state index >= 15 is 0 Å². The van der Waals surface area contributed by atoms with Gasteiger partial charge >= 0.3 is 0 Å². The second kappa shape index (κ2) is 5.39. The largest absolute Gasteiger partial charge is 0.352 e. The Morgan fingerprint density at radius 3 is 2.94 bits per heavy atom. The van der Waals surface area contributed by atoms with Gasteiger partial charge in [-0.15, -0.1) is 5.10 Å². The van der Waals surface area contributed by atoms with Gasteiger partial charge < -0.3 is 5.32 Å². The Morgan fingerprint density at radius 2 is 2.28 bits per heavy atom. The molecule has 0 fully saturated rings. The first-order chi connectivity index (χ1) is 8.66. The van der Waals surface area contributed by atoms with Gasteiger partial charge in [-0.25, -0.2) is 4.68 Å². The van der Waals surface area contributed by atoms with Gasteiger partial charge in [-0.1, -0.05) is 19.9 Å². The van der Waals surface area contributed by atoms with Crippen LogP contribution >= 0.6 is 0 Å². The van der Waals surface area contributed by atoms with E-state index < -0.39 is 0 Å². The zero-order valence-electron chi connectivity index (χ0n) is 10.4. The molecule has 18 heavy (non-hydrogen) atoms. The number of benzene rings is 1. The van der Waals surface area contributed by atoms with Gasteiger partial charge in [0.05, 0.1) is 5.69 Å². The van der Waals surface area contributed by atoms with Crippen molar-refractivity contribution in [2.75, 3.05) is 6.54 Å². The van der Waals surface area contributed by atoms with Gasteiger partial charge in [0, 0.05) is 12.1 Å². The van der Waals surface area contributed by atoms with E-state index in [1.807, 2.05) is 6.07 Å². The minimum Gasteiger partial charge on any atom is -0.352 e. The molecule has 94 valence electrons. The van der Waals surface area contributed by atoms with Crippen LogP contribution in [0.2, 0.25) is 0 Å². The molecular weight excluding hydrogens is 230 g/mol. The van der Waals surface area contributed by atoms with E-state index in [9.17, 15) is 4.79 Å². The second-order valence-corrected chi connectivity index (χ2v) is 4.41. The third-order valence-corrected chi connectivity index (χ3v) is 2.39. The molecule has 1 aromatic heterocycles. The Bertz CT molecular complexity index is 521. The number of tetrazole rings is 1. The van der Waals surface area contributed by atoms with Gasteiger partial charge in [0.1, 0.15) is 6.33 Å². The summed E-state index contributed by atoms with van der Waals surface area (Å²) in [6.07, 6.45) is 1.49. The molecule has 2 rings (SSSR count). The van der Waals surface area contributed by atoms with Crippen molar-refractivity contribution in [3.63, 3.8) is 0 Å². The van der Waals surface area contributed by atoms with Gasteiger partial charge in [-0.3, -0.25) is 4.79 Å². The molecule has 1 heterocycles. The first-order valence-corrected chi connectivity index (χ1v) is 5.78. The number of nitrogens with one attached hydrogen (secondary N) is 1. The van der Waals surface area contributed by atoms with Crippen LogP contribution in [0.5, 0.6) is 0 Å². The van der Waals surface area contributed by atoms with Crippen molar-refractivity contribution in [1.82, 2.24) is 25.5 Å². The predicted octanol–water partition coefficient (Wildman–Crippen LogP) is 1.05. The molecule has 0 bridgehead atoms. The average Bonchev–Trinajstić information content (AvgIpc) is 2.90. The van der Waals surface area contributed by atoms with E-state index in [2.05, 4.69) is 34.7 Å². The summed E-state index contributed by atoms with van der Waals surface area (Å²) in [5, 5.41) is 13.8. The molecule has 0 aliphatic heterocycles. The van der Waals surface area contributed by atoms with E-state index in [-0.39, 0.29) is 5.91 Å². The van der Waals surface area contributed by atoms with Crippen molar-refractivity contribution in [3.8, 4) is 5.69 Å². The van der Waals surface area contributed by atoms with Crippen LogP contribution in [0.4, 0.5) is 0 Å². The number of aromatic nitrogens is 4. The maximum Gasteiger partial charge on any atom is 0.251 e. The lowest BCUT2D eigenvalue weighted by Gasteiger charge is -2.08. The zero-order valence-corrected chi connectivity index (χ0v) is 10.4. The highest BCUT2D eigenvalue weighted by Crippen LogP contribution is 2.08. The van der Waals surface area contributed by atoms with Gasteiger partial charge in [-0.05, 0) is 34.5 Å². The highest BCUT2D eigenvalue weighted by atomic mass is 16.1. The number of nitrogens with zero attached hydrogens (tertiary/aromatic N) is 4. The highest BCUT2D eigenvalue weighted by molar-refractivity contribution is 5.94. The van der Waals surface area contributed by atoms with E-state index in [1.54, 1.807) is 18.2 Å². The van der Waals surface area contributed by atoms with Crippen LogP contribution in [0.15, 0.2) is 30.6 Å². The SMILES string of the molecule is CC(C)CNC(=O)c1cccc(-n2cnnn2)c1. The third kappa shape index (κ3) is 2.91. The summed E-state index contributed by atoms with van der Waals surface area (Å²) in [5.74, 6) is 0.343. The summed E-state index contributed by atoms with van der Waals surface area (Å²) in [6.45, 7) is 4.77. The molecule has 2 aromatic rings. The summed E-state index contributed by atoms with van der Waals surface area (Å²) in [5.41, 5.74) is 1.36. The van der Waals surface area contributed by atoms with Crippen LogP contribution in [0.1, 0.15) is 24.2 Å². The van der Waals surface area contributed by atoms with Crippen molar-refractivity contribution in [3.05, 3.63) is 36.2 Å². The Labute approximate surface area is 105 Å². The molecule has 1 N–H and O–H groups in total. The molecule has 1 aromatic carbocycles. The van der Waals surface area contributed by atoms with Gasteiger partial charge in [0.15, 0.2) is 0 Å². The first kappa shape index (κ1) is 12.2. The molecule has 0 atom stereocenters. The first-order valence-electron chi connectivity index (χ1n) is 5.78. The molecule has 6 nitrogen and oxygen atoms in total. The van der Waals surface area contributed by atoms with E-state index in [1.165, 1.54) is 11.0 Å². The second-order valence-electron chi connectivity index (χ2n) is 4.41. The van der Waals surface area contributed by atoms with Gasteiger partial charge in [0.25, 0.3) is 5.91 Å². The molecule has 0 aliphatic carbocycles. The summed E-state index contributed by atoms with van der Waals surface area (Å²) in [7, 11) is 0. The minimum absolute atomic E-state index is 0.0846. The Balaban J connectivity index is 2.15. The third-order valence-electron chi connectivity index (χ3n) is 2.39. The Kier molecular flexibility index (Phi) is 3.66. The van der Waals surface area contributed by atoms with Crippen molar-refractivity contribution >= 4 is 5.91 Å². The van der Waals surface area contributed by atoms with Crippen LogP contribution in [0.25, 0.3) is 5.69 Å². The number of hydrogen-bond acceptors (Lipinski definition) is 4. The number of rotatable bonds is 4. The number of amides is 1. The smallest absolute Gasteiger partial charge is 0.251 e. The molecule has 0 aliphatic rings. The van der Waals surface area contributed by atoms with Crippen LogP contribution in [-0.4, -0.2) is 32.7 Å². The fourth-order valence-electron chi connectivity index (χ4n) is 1.47. The molecule has 6 heteroatoms. The van der Waals surface area contributed by atoms with Crippen molar-refractivity contribution < 1.29 is 4.79 Å². The lowest BCUT2D eigenvalue weighted by Crippen LogP contribution is -2.27. The maximum absolute atomic E-state index is 11.9. The van der Waals surface area contributed by atoms with E-state index in [0.29, 0.717) is 18.0 Å². The van der Waals surface area contributed by atoms with E-state index in [0.717, 1.165) is 5.69 Å². The molecule has 0 spiro atoms. The van der Waals surface area contributed by atoms with Crippen LogP contribution < -0.4 is 5.32 Å². The van der Waals surface area contributed by atoms with Crippen LogP contribution in [-0.2, 0) is 0 Å². The van der Waals surface area contributed by atoms with Gasteiger partial charge in [-0.2, -0.15) is 0 Å². The topological polar surface area (TPSA) is 72.7 Å². The summed E-state index contributed by atoms with van der Waals surface area (Å²) >= 11 is 0. The van der Waals surface area contributed by atoms with E-state index in [4.69, 9.17) is 0 Å². The minimum atomic E-state index is -0.0846. The maximum atomic E-state index is 11.9. The predicted molar refractivity (Wildman–Crippen MR) is 66.3 cm³/mol. The molecule has 0 saturated carbocycles. The molecule has 0 saturated heterocycles. The Morgan fingerprint density at radius 1 is 1.44 bits per heavy atom. The number of carbonyl (C=O) groups is 1. The van der Waals surface area contributed by atoms with Crippen molar-refractivity contribution in [2.24, 2.45) is 5.92 Å². The lowest BCUT2D eigenvalue weighted by atomic mass is 10.1. The summed E-state index contributed by atoms with van der Waals surface area (Å²) < 4.78 is 1.51. The monoisotopic (exact) mass is 245 g/mol. The molecule has 1 amide bonds. The Hall–Kier alpha value is -2.24. The number of hydrogen-bond donors (Lipinski definition) is 1. The molecule has 0 unspecified atom stereocenters.